The molecular weight excluding hydrogens is 360 g/mol. The van der Waals surface area contributed by atoms with Crippen LogP contribution in [0.15, 0.2) is 24.3 Å². The van der Waals surface area contributed by atoms with E-state index in [9.17, 15) is 14.9 Å². The van der Waals surface area contributed by atoms with Gasteiger partial charge in [-0.2, -0.15) is 5.26 Å². The molecule has 0 unspecified atom stereocenters. The highest BCUT2D eigenvalue weighted by atomic mass is 16.5. The molecule has 1 aromatic rings. The van der Waals surface area contributed by atoms with Gasteiger partial charge in [0.1, 0.15) is 5.54 Å². The molecule has 0 atom stereocenters. The number of nitriles is 1. The van der Waals surface area contributed by atoms with Gasteiger partial charge in [-0.25, -0.2) is 0 Å². The molecule has 1 saturated carbocycles. The van der Waals surface area contributed by atoms with E-state index >= 15 is 0 Å². The molecule has 7 nitrogen and oxygen atoms in total. The van der Waals surface area contributed by atoms with Crippen LogP contribution in [0.5, 0.6) is 11.5 Å². The smallest absolute Gasteiger partial charge is 0.306 e. The molecule has 7 heteroatoms. The summed E-state index contributed by atoms with van der Waals surface area (Å²) in [6.45, 7) is 2.41. The lowest BCUT2D eigenvalue weighted by Gasteiger charge is -2.31. The first kappa shape index (κ1) is 21.5. The molecule has 1 aliphatic rings. The van der Waals surface area contributed by atoms with E-state index in [-0.39, 0.29) is 13.0 Å². The molecule has 0 bridgehead atoms. The minimum absolute atomic E-state index is 0.146. The quantitative estimate of drug-likeness (QED) is 0.488. The molecule has 0 aliphatic heterocycles. The lowest BCUT2D eigenvalue weighted by Crippen LogP contribution is -2.50. The summed E-state index contributed by atoms with van der Waals surface area (Å²) in [6, 6.07) is 9.56. The number of rotatable bonds is 10. The van der Waals surface area contributed by atoms with Crippen molar-refractivity contribution < 1.29 is 23.8 Å². The first-order chi connectivity index (χ1) is 13.6. The average Bonchev–Trinajstić information content (AvgIpc) is 2.71. The molecule has 0 spiro atoms. The molecule has 0 saturated heterocycles. The predicted octanol–water partition coefficient (Wildman–Crippen LogP) is 3.13. The zero-order chi connectivity index (χ0) is 20.2. The molecular formula is C21H28N2O5. The topological polar surface area (TPSA) is 97.7 Å². The average molecular weight is 388 g/mol. The number of carbonyl (C=O) groups excluding carboxylic acids is 2. The van der Waals surface area contributed by atoms with Gasteiger partial charge in [0.2, 0.25) is 0 Å². The fourth-order valence-corrected chi connectivity index (χ4v) is 3.18. The first-order valence-corrected chi connectivity index (χ1v) is 9.81. The van der Waals surface area contributed by atoms with Gasteiger partial charge >= 0.3 is 5.97 Å². The van der Waals surface area contributed by atoms with E-state index in [1.54, 1.807) is 0 Å². The zero-order valence-corrected chi connectivity index (χ0v) is 16.4. The van der Waals surface area contributed by atoms with Crippen molar-refractivity contribution in [3.63, 3.8) is 0 Å². The number of para-hydroxylation sites is 2. The summed E-state index contributed by atoms with van der Waals surface area (Å²) in [5, 5.41) is 12.1. The van der Waals surface area contributed by atoms with E-state index in [4.69, 9.17) is 14.2 Å². The maximum atomic E-state index is 12.0. The third-order valence-electron chi connectivity index (χ3n) is 4.60. The van der Waals surface area contributed by atoms with Crippen molar-refractivity contribution in [3.05, 3.63) is 24.3 Å². The Morgan fingerprint density at radius 2 is 1.82 bits per heavy atom. The van der Waals surface area contributed by atoms with Gasteiger partial charge in [0.05, 0.1) is 19.3 Å². The molecule has 0 radical (unpaired) electrons. The minimum atomic E-state index is -0.816. The number of hydrogen-bond acceptors (Lipinski definition) is 6. The molecule has 1 fully saturated rings. The Morgan fingerprint density at radius 1 is 1.14 bits per heavy atom. The van der Waals surface area contributed by atoms with Gasteiger partial charge < -0.3 is 19.5 Å². The second-order valence-electron chi connectivity index (χ2n) is 6.80. The van der Waals surface area contributed by atoms with Crippen molar-refractivity contribution in [2.24, 2.45) is 0 Å². The van der Waals surface area contributed by atoms with Crippen LogP contribution in [-0.4, -0.2) is 37.2 Å². The van der Waals surface area contributed by atoms with Crippen molar-refractivity contribution in [1.82, 2.24) is 5.32 Å². The van der Waals surface area contributed by atoms with Crippen LogP contribution in [0.3, 0.4) is 0 Å². The van der Waals surface area contributed by atoms with Crippen LogP contribution in [0.25, 0.3) is 0 Å². The summed E-state index contributed by atoms with van der Waals surface area (Å²) in [7, 11) is 0. The second-order valence-corrected chi connectivity index (χ2v) is 6.80. The van der Waals surface area contributed by atoms with Crippen LogP contribution in [0.1, 0.15) is 51.9 Å². The Bertz CT molecular complexity index is 692. The summed E-state index contributed by atoms with van der Waals surface area (Å²) < 4.78 is 16.1. The third-order valence-corrected chi connectivity index (χ3v) is 4.60. The van der Waals surface area contributed by atoms with Crippen molar-refractivity contribution >= 4 is 11.9 Å². The number of nitrogens with zero attached hydrogens (tertiary/aromatic N) is 1. The Morgan fingerprint density at radius 3 is 2.46 bits per heavy atom. The maximum absolute atomic E-state index is 12.0. The van der Waals surface area contributed by atoms with E-state index in [1.807, 2.05) is 31.2 Å². The molecule has 0 aromatic heterocycles. The first-order valence-electron chi connectivity index (χ1n) is 9.81. The van der Waals surface area contributed by atoms with E-state index in [1.165, 1.54) is 0 Å². The normalized spacial score (nSPS) is 15.1. The number of hydrogen-bond donors (Lipinski definition) is 1. The van der Waals surface area contributed by atoms with Crippen LogP contribution in [0, 0.1) is 11.3 Å². The maximum Gasteiger partial charge on any atom is 0.306 e. The largest absolute Gasteiger partial charge is 0.490 e. The van der Waals surface area contributed by atoms with Crippen molar-refractivity contribution in [3.8, 4) is 17.6 Å². The highest BCUT2D eigenvalue weighted by Crippen LogP contribution is 2.27. The molecule has 1 aromatic carbocycles. The van der Waals surface area contributed by atoms with Gasteiger partial charge in [-0.05, 0) is 38.3 Å². The second kappa shape index (κ2) is 11.2. The Hall–Kier alpha value is -2.75. The van der Waals surface area contributed by atoms with Gasteiger partial charge in [0, 0.05) is 6.42 Å². The molecule has 2 rings (SSSR count). The molecule has 1 N–H and O–H groups in total. The summed E-state index contributed by atoms with van der Waals surface area (Å²) in [4.78, 5) is 23.8. The Balaban J connectivity index is 1.65. The monoisotopic (exact) mass is 388 g/mol. The van der Waals surface area contributed by atoms with Gasteiger partial charge in [0.15, 0.2) is 18.1 Å². The van der Waals surface area contributed by atoms with Crippen molar-refractivity contribution in [1.29, 1.82) is 5.26 Å². The summed E-state index contributed by atoms with van der Waals surface area (Å²) in [5.74, 6) is 0.398. The number of nitrogens with one attached hydrogen (secondary N) is 1. The molecule has 0 heterocycles. The van der Waals surface area contributed by atoms with Crippen LogP contribution in [0.4, 0.5) is 0 Å². The van der Waals surface area contributed by atoms with Gasteiger partial charge in [0.25, 0.3) is 5.91 Å². The third kappa shape index (κ3) is 6.76. The van der Waals surface area contributed by atoms with E-state index < -0.39 is 17.4 Å². The number of esters is 1. The van der Waals surface area contributed by atoms with E-state index in [0.717, 1.165) is 19.3 Å². The lowest BCUT2D eigenvalue weighted by molar-refractivity contribution is -0.149. The highest BCUT2D eigenvalue weighted by Gasteiger charge is 2.33. The number of ether oxygens (including phenoxy) is 3. The van der Waals surface area contributed by atoms with Crippen molar-refractivity contribution in [2.75, 3.05) is 19.8 Å². The van der Waals surface area contributed by atoms with Crippen LogP contribution < -0.4 is 14.8 Å². The number of carbonyl (C=O) groups is 2. The van der Waals surface area contributed by atoms with Gasteiger partial charge in [-0.3, -0.25) is 9.59 Å². The minimum Gasteiger partial charge on any atom is -0.490 e. The molecule has 1 amide bonds. The molecule has 28 heavy (non-hydrogen) atoms. The lowest BCUT2D eigenvalue weighted by atomic mass is 9.83. The van der Waals surface area contributed by atoms with E-state index in [2.05, 4.69) is 11.4 Å². The standard InChI is InChI=1S/C21H28N2O5/c1-2-26-17-9-4-5-10-18(17)27-14-8-11-20(25)28-15-19(24)23-21(16-22)12-6-3-7-13-21/h4-5,9-10H,2-3,6-8,11-15H2,1H3,(H,23,24). The molecule has 152 valence electrons. The van der Waals surface area contributed by atoms with Gasteiger partial charge in [-0.1, -0.05) is 31.4 Å². The summed E-state index contributed by atoms with van der Waals surface area (Å²) >= 11 is 0. The highest BCUT2D eigenvalue weighted by molar-refractivity contribution is 5.81. The zero-order valence-electron chi connectivity index (χ0n) is 16.4. The van der Waals surface area contributed by atoms with Crippen LogP contribution in [-0.2, 0) is 14.3 Å². The SMILES string of the molecule is CCOc1ccccc1OCCCC(=O)OCC(=O)NC1(C#N)CCCCC1. The number of amides is 1. The van der Waals surface area contributed by atoms with Crippen LogP contribution in [0.2, 0.25) is 0 Å². The van der Waals surface area contributed by atoms with Gasteiger partial charge in [-0.15, -0.1) is 0 Å². The number of benzene rings is 1. The van der Waals surface area contributed by atoms with E-state index in [0.29, 0.717) is 44.0 Å². The fourth-order valence-electron chi connectivity index (χ4n) is 3.18. The van der Waals surface area contributed by atoms with Crippen molar-refractivity contribution in [2.45, 2.75) is 57.4 Å². The summed E-state index contributed by atoms with van der Waals surface area (Å²) in [5.41, 5.74) is -0.816. The Kier molecular flexibility index (Phi) is 8.60. The van der Waals surface area contributed by atoms with Crippen LogP contribution >= 0.6 is 0 Å². The molecule has 1 aliphatic carbocycles. The predicted molar refractivity (Wildman–Crippen MR) is 103 cm³/mol. The summed E-state index contributed by atoms with van der Waals surface area (Å²) in [6.07, 6.45) is 4.80. The Labute approximate surface area is 166 Å². The fraction of sp³-hybridized carbons (Fsp3) is 0.571.